The molecule has 0 saturated carbocycles. The Labute approximate surface area is 165 Å². The molecule has 27 heavy (non-hydrogen) atoms. The van der Waals surface area contributed by atoms with Gasteiger partial charge in [0.25, 0.3) is 0 Å². The average Bonchev–Trinajstić information content (AvgIpc) is 3.04. The summed E-state index contributed by atoms with van der Waals surface area (Å²) in [7, 11) is 1.55. The lowest BCUT2D eigenvalue weighted by Gasteiger charge is -2.20. The van der Waals surface area contributed by atoms with E-state index in [1.807, 2.05) is 12.3 Å². The minimum absolute atomic E-state index is 0.0784. The number of pyridine rings is 1. The summed E-state index contributed by atoms with van der Waals surface area (Å²) in [5.41, 5.74) is 3.93. The molecular formula is C22H25ClN2O2. The number of carbonyl (C=O) groups excluding carboxylic acids is 1. The van der Waals surface area contributed by atoms with E-state index in [1.54, 1.807) is 18.1 Å². The van der Waals surface area contributed by atoms with E-state index in [0.29, 0.717) is 17.3 Å². The molecule has 0 unspecified atom stereocenters. The van der Waals surface area contributed by atoms with Gasteiger partial charge in [0.05, 0.1) is 12.8 Å². The van der Waals surface area contributed by atoms with Crippen molar-refractivity contribution in [3.63, 3.8) is 0 Å². The van der Waals surface area contributed by atoms with Gasteiger partial charge < -0.3 is 9.64 Å². The molecule has 0 bridgehead atoms. The van der Waals surface area contributed by atoms with Crippen LogP contribution in [-0.2, 0) is 10.2 Å². The van der Waals surface area contributed by atoms with Crippen LogP contribution in [0, 0.1) is 0 Å². The second-order valence-electron chi connectivity index (χ2n) is 7.75. The number of likely N-dealkylation sites (tertiary alicyclic amines) is 1. The molecule has 0 atom stereocenters. The Balaban J connectivity index is 2.08. The number of benzene rings is 1. The predicted octanol–water partition coefficient (Wildman–Crippen LogP) is 5.05. The number of rotatable bonds is 4. The Hall–Kier alpha value is -2.33. The SMILES string of the molecule is COc1nc(C(=CN2CCCC2=O)c2ccc(C(C)(C)C)cc2)ccc1Cl. The van der Waals surface area contributed by atoms with Crippen molar-refractivity contribution >= 4 is 23.1 Å². The van der Waals surface area contributed by atoms with Gasteiger partial charge in [-0.2, -0.15) is 0 Å². The Morgan fingerprint density at radius 1 is 1.19 bits per heavy atom. The van der Waals surface area contributed by atoms with Crippen LogP contribution in [0.5, 0.6) is 5.88 Å². The van der Waals surface area contributed by atoms with E-state index in [-0.39, 0.29) is 11.3 Å². The molecular weight excluding hydrogens is 360 g/mol. The van der Waals surface area contributed by atoms with E-state index in [1.165, 1.54) is 5.56 Å². The van der Waals surface area contributed by atoms with Crippen molar-refractivity contribution in [1.82, 2.24) is 9.88 Å². The minimum Gasteiger partial charge on any atom is -0.480 e. The van der Waals surface area contributed by atoms with Gasteiger partial charge in [0.15, 0.2) is 0 Å². The van der Waals surface area contributed by atoms with Crippen LogP contribution in [0.15, 0.2) is 42.6 Å². The molecule has 5 heteroatoms. The maximum absolute atomic E-state index is 12.2. The van der Waals surface area contributed by atoms with Gasteiger partial charge in [0.1, 0.15) is 5.02 Å². The standard InChI is InChI=1S/C22H25ClN2O2/c1-22(2,3)16-9-7-15(8-10-16)17(14-25-13-5-6-20(25)26)19-12-11-18(23)21(24-19)27-4/h7-12,14H,5-6,13H2,1-4H3. The van der Waals surface area contributed by atoms with E-state index in [0.717, 1.165) is 29.8 Å². The topological polar surface area (TPSA) is 42.4 Å². The lowest BCUT2D eigenvalue weighted by molar-refractivity contribution is -0.125. The number of halogens is 1. The van der Waals surface area contributed by atoms with Gasteiger partial charge in [-0.25, -0.2) is 4.98 Å². The first-order valence-corrected chi connectivity index (χ1v) is 9.50. The van der Waals surface area contributed by atoms with Gasteiger partial charge in [0, 0.05) is 24.7 Å². The first-order valence-electron chi connectivity index (χ1n) is 9.13. The van der Waals surface area contributed by atoms with Crippen LogP contribution >= 0.6 is 11.6 Å². The molecule has 0 N–H and O–H groups in total. The molecule has 142 valence electrons. The smallest absolute Gasteiger partial charge is 0.232 e. The second kappa shape index (κ2) is 7.73. The Morgan fingerprint density at radius 2 is 1.89 bits per heavy atom. The fourth-order valence-corrected chi connectivity index (χ4v) is 3.30. The van der Waals surface area contributed by atoms with Crippen molar-refractivity contribution in [2.45, 2.75) is 39.0 Å². The first kappa shape index (κ1) is 19.4. The lowest BCUT2D eigenvalue weighted by Crippen LogP contribution is -2.18. The third kappa shape index (κ3) is 4.33. The Kier molecular flexibility index (Phi) is 5.56. The number of amides is 1. The maximum atomic E-state index is 12.2. The van der Waals surface area contributed by atoms with Gasteiger partial charge >= 0.3 is 0 Å². The molecule has 2 heterocycles. The molecule has 2 aromatic rings. The monoisotopic (exact) mass is 384 g/mol. The molecule has 1 saturated heterocycles. The largest absolute Gasteiger partial charge is 0.480 e. The molecule has 1 aromatic heterocycles. The minimum atomic E-state index is 0.0784. The number of aromatic nitrogens is 1. The number of hydrogen-bond acceptors (Lipinski definition) is 3. The van der Waals surface area contributed by atoms with E-state index in [9.17, 15) is 4.79 Å². The highest BCUT2D eigenvalue weighted by Crippen LogP contribution is 2.31. The highest BCUT2D eigenvalue weighted by molar-refractivity contribution is 6.31. The summed E-state index contributed by atoms with van der Waals surface area (Å²) < 4.78 is 5.28. The van der Waals surface area contributed by atoms with Crippen LogP contribution in [0.2, 0.25) is 5.02 Å². The summed E-state index contributed by atoms with van der Waals surface area (Å²) in [5, 5.41) is 0.459. The van der Waals surface area contributed by atoms with Crippen LogP contribution < -0.4 is 4.74 Å². The normalized spacial score (nSPS) is 15.4. The highest BCUT2D eigenvalue weighted by atomic mass is 35.5. The fourth-order valence-electron chi connectivity index (χ4n) is 3.12. The average molecular weight is 385 g/mol. The Morgan fingerprint density at radius 3 is 2.44 bits per heavy atom. The zero-order chi connectivity index (χ0) is 19.6. The molecule has 1 fully saturated rings. The molecule has 4 nitrogen and oxygen atoms in total. The second-order valence-corrected chi connectivity index (χ2v) is 8.16. The molecule has 0 spiro atoms. The zero-order valence-electron chi connectivity index (χ0n) is 16.3. The van der Waals surface area contributed by atoms with Crippen LogP contribution in [0.3, 0.4) is 0 Å². The molecule has 1 aliphatic rings. The van der Waals surface area contributed by atoms with Crippen molar-refractivity contribution in [2.24, 2.45) is 0 Å². The summed E-state index contributed by atoms with van der Waals surface area (Å²) in [5.74, 6) is 0.513. The van der Waals surface area contributed by atoms with Crippen LogP contribution in [-0.4, -0.2) is 29.4 Å². The van der Waals surface area contributed by atoms with Gasteiger partial charge in [-0.1, -0.05) is 56.6 Å². The molecule has 1 aromatic carbocycles. The maximum Gasteiger partial charge on any atom is 0.232 e. The molecule has 1 aliphatic heterocycles. The third-order valence-corrected chi connectivity index (χ3v) is 5.03. The molecule has 1 amide bonds. The summed E-state index contributed by atoms with van der Waals surface area (Å²) in [6, 6.07) is 12.0. The summed E-state index contributed by atoms with van der Waals surface area (Å²) in [4.78, 5) is 18.5. The van der Waals surface area contributed by atoms with Gasteiger partial charge in [-0.3, -0.25) is 4.79 Å². The van der Waals surface area contributed by atoms with Crippen LogP contribution in [0.4, 0.5) is 0 Å². The molecule has 0 radical (unpaired) electrons. The van der Waals surface area contributed by atoms with E-state index >= 15 is 0 Å². The zero-order valence-corrected chi connectivity index (χ0v) is 17.0. The number of nitrogens with zero attached hydrogens (tertiary/aromatic N) is 2. The highest BCUT2D eigenvalue weighted by Gasteiger charge is 2.21. The quantitative estimate of drug-likeness (QED) is 0.740. The van der Waals surface area contributed by atoms with Gasteiger partial charge in [-0.05, 0) is 35.1 Å². The molecule has 3 rings (SSSR count). The number of carbonyl (C=O) groups is 1. The van der Waals surface area contributed by atoms with Crippen LogP contribution in [0.1, 0.15) is 50.4 Å². The van der Waals surface area contributed by atoms with Crippen LogP contribution in [0.25, 0.3) is 5.57 Å². The summed E-state index contributed by atoms with van der Waals surface area (Å²) in [6.45, 7) is 7.29. The lowest BCUT2D eigenvalue weighted by atomic mass is 9.86. The fraction of sp³-hybridized carbons (Fsp3) is 0.364. The Bertz CT molecular complexity index is 867. The predicted molar refractivity (Wildman–Crippen MR) is 109 cm³/mol. The van der Waals surface area contributed by atoms with E-state index in [4.69, 9.17) is 16.3 Å². The van der Waals surface area contributed by atoms with E-state index < -0.39 is 0 Å². The third-order valence-electron chi connectivity index (χ3n) is 4.74. The first-order chi connectivity index (χ1) is 12.8. The van der Waals surface area contributed by atoms with Crippen molar-refractivity contribution < 1.29 is 9.53 Å². The van der Waals surface area contributed by atoms with Crippen molar-refractivity contribution in [3.05, 3.63) is 64.4 Å². The summed E-state index contributed by atoms with van der Waals surface area (Å²) >= 11 is 6.14. The van der Waals surface area contributed by atoms with Crippen molar-refractivity contribution in [3.8, 4) is 5.88 Å². The van der Waals surface area contributed by atoms with E-state index in [2.05, 4.69) is 50.0 Å². The number of hydrogen-bond donors (Lipinski definition) is 0. The summed E-state index contributed by atoms with van der Waals surface area (Å²) in [6.07, 6.45) is 3.37. The van der Waals surface area contributed by atoms with Crippen molar-refractivity contribution in [2.75, 3.05) is 13.7 Å². The molecule has 0 aliphatic carbocycles. The number of ether oxygens (including phenoxy) is 1. The van der Waals surface area contributed by atoms with Gasteiger partial charge in [-0.15, -0.1) is 0 Å². The number of methoxy groups -OCH3 is 1. The van der Waals surface area contributed by atoms with Crippen molar-refractivity contribution in [1.29, 1.82) is 0 Å². The van der Waals surface area contributed by atoms with Gasteiger partial charge in [0.2, 0.25) is 11.8 Å².